The molecule has 0 fully saturated rings. The molecule has 2 aromatic carbocycles. The van der Waals surface area contributed by atoms with Crippen LogP contribution in [0.15, 0.2) is 54.7 Å². The van der Waals surface area contributed by atoms with E-state index in [2.05, 4.69) is 4.98 Å². The average molecular weight is 450 g/mol. The summed E-state index contributed by atoms with van der Waals surface area (Å²) >= 11 is 0. The summed E-state index contributed by atoms with van der Waals surface area (Å²) in [4.78, 5) is 14.5. The standard InChI is InChI=1S/C23H22F4N2O3/c24-18-11-9-16(10-12-18)22-28-14-20(23(25,26)27)29(22)15-17-6-3-4-7-19(17)32-13-5-1-2-8-21(30)31/h3-4,6-7,9-12,14H,1-2,5,8,13,15H2,(H,30,31). The summed E-state index contributed by atoms with van der Waals surface area (Å²) in [6.45, 7) is 0.175. The van der Waals surface area contributed by atoms with Gasteiger partial charge >= 0.3 is 12.1 Å². The average Bonchev–Trinajstić information content (AvgIpc) is 3.16. The molecule has 0 amide bonds. The molecule has 0 spiro atoms. The number of ether oxygens (including phenoxy) is 1. The maximum atomic E-state index is 13.6. The second kappa shape index (κ2) is 10.3. The molecule has 1 N–H and O–H groups in total. The van der Waals surface area contributed by atoms with Crippen LogP contribution in [0, 0.1) is 5.82 Å². The first-order valence-corrected chi connectivity index (χ1v) is 10.1. The van der Waals surface area contributed by atoms with Crippen LogP contribution in [-0.4, -0.2) is 27.2 Å². The number of rotatable bonds is 10. The van der Waals surface area contributed by atoms with Crippen molar-refractivity contribution in [1.29, 1.82) is 0 Å². The number of hydrogen-bond acceptors (Lipinski definition) is 3. The number of hydrogen-bond donors (Lipinski definition) is 1. The molecular formula is C23H22F4N2O3. The first-order valence-electron chi connectivity index (χ1n) is 10.1. The van der Waals surface area contributed by atoms with Crippen LogP contribution in [0.2, 0.25) is 0 Å². The number of carbonyl (C=O) groups is 1. The van der Waals surface area contributed by atoms with E-state index in [9.17, 15) is 22.4 Å². The summed E-state index contributed by atoms with van der Waals surface area (Å²) in [5.41, 5.74) is -0.0241. The second-order valence-electron chi connectivity index (χ2n) is 7.22. The number of imidazole rings is 1. The third kappa shape index (κ3) is 6.09. The highest BCUT2D eigenvalue weighted by atomic mass is 19.4. The zero-order chi connectivity index (χ0) is 23.1. The predicted molar refractivity (Wildman–Crippen MR) is 110 cm³/mol. The van der Waals surface area contributed by atoms with Crippen LogP contribution in [0.1, 0.15) is 36.9 Å². The van der Waals surface area contributed by atoms with Crippen LogP contribution in [0.25, 0.3) is 11.4 Å². The number of aromatic nitrogens is 2. The van der Waals surface area contributed by atoms with E-state index in [0.29, 0.717) is 42.7 Å². The lowest BCUT2D eigenvalue weighted by Crippen LogP contribution is -2.15. The zero-order valence-electron chi connectivity index (χ0n) is 17.1. The van der Waals surface area contributed by atoms with Crippen LogP contribution in [0.3, 0.4) is 0 Å². The molecule has 0 bridgehead atoms. The van der Waals surface area contributed by atoms with E-state index in [1.807, 2.05) is 0 Å². The Hall–Kier alpha value is -3.36. The van der Waals surface area contributed by atoms with E-state index in [4.69, 9.17) is 9.84 Å². The maximum Gasteiger partial charge on any atom is 0.433 e. The molecule has 0 radical (unpaired) electrons. The third-order valence-electron chi connectivity index (χ3n) is 4.84. The van der Waals surface area contributed by atoms with Gasteiger partial charge in [-0.3, -0.25) is 4.79 Å². The van der Waals surface area contributed by atoms with Gasteiger partial charge in [-0.25, -0.2) is 9.37 Å². The van der Waals surface area contributed by atoms with Gasteiger partial charge < -0.3 is 14.4 Å². The fraction of sp³-hybridized carbons (Fsp3) is 0.304. The molecule has 0 aliphatic rings. The molecule has 1 heterocycles. The number of carboxylic acids is 1. The van der Waals surface area contributed by atoms with Crippen LogP contribution in [0.4, 0.5) is 17.6 Å². The van der Waals surface area contributed by atoms with Gasteiger partial charge in [0, 0.05) is 17.5 Å². The lowest BCUT2D eigenvalue weighted by Gasteiger charge is -2.17. The highest BCUT2D eigenvalue weighted by Gasteiger charge is 2.36. The van der Waals surface area contributed by atoms with Crippen molar-refractivity contribution < 1.29 is 32.2 Å². The number of carboxylic acid groups (broad SMARTS) is 1. The Morgan fingerprint density at radius 1 is 1.03 bits per heavy atom. The van der Waals surface area contributed by atoms with E-state index in [1.54, 1.807) is 24.3 Å². The van der Waals surface area contributed by atoms with Crippen molar-refractivity contribution in [1.82, 2.24) is 9.55 Å². The molecule has 1 aromatic heterocycles. The van der Waals surface area contributed by atoms with Crippen LogP contribution in [0.5, 0.6) is 5.75 Å². The van der Waals surface area contributed by atoms with Crippen molar-refractivity contribution in [2.24, 2.45) is 0 Å². The summed E-state index contributed by atoms with van der Waals surface area (Å²) in [6, 6.07) is 11.9. The molecule has 0 aliphatic heterocycles. The Morgan fingerprint density at radius 3 is 2.44 bits per heavy atom. The quantitative estimate of drug-likeness (QED) is 0.314. The Labute approximate surface area is 182 Å². The van der Waals surface area contributed by atoms with E-state index in [0.717, 1.165) is 10.8 Å². The SMILES string of the molecule is O=C(O)CCCCCOc1ccccc1Cn1c(C(F)(F)F)cnc1-c1ccc(F)cc1. The van der Waals surface area contributed by atoms with Crippen molar-refractivity contribution in [3.8, 4) is 17.1 Å². The van der Waals surface area contributed by atoms with E-state index in [1.165, 1.54) is 24.3 Å². The molecule has 170 valence electrons. The van der Waals surface area contributed by atoms with E-state index < -0.39 is 23.7 Å². The van der Waals surface area contributed by atoms with Crippen molar-refractivity contribution in [2.45, 2.75) is 38.4 Å². The topological polar surface area (TPSA) is 64.3 Å². The number of unbranched alkanes of at least 4 members (excludes halogenated alkanes) is 2. The fourth-order valence-electron chi connectivity index (χ4n) is 3.27. The Bertz CT molecular complexity index is 1050. The van der Waals surface area contributed by atoms with Gasteiger partial charge in [-0.15, -0.1) is 0 Å². The zero-order valence-corrected chi connectivity index (χ0v) is 17.1. The van der Waals surface area contributed by atoms with E-state index >= 15 is 0 Å². The molecule has 3 aromatic rings. The highest BCUT2D eigenvalue weighted by Crippen LogP contribution is 2.34. The molecule has 32 heavy (non-hydrogen) atoms. The number of alkyl halides is 3. The third-order valence-corrected chi connectivity index (χ3v) is 4.84. The van der Waals surface area contributed by atoms with Gasteiger partial charge in [-0.1, -0.05) is 18.2 Å². The van der Waals surface area contributed by atoms with Gasteiger partial charge in [0.05, 0.1) is 19.3 Å². The minimum Gasteiger partial charge on any atom is -0.493 e. The Morgan fingerprint density at radius 2 is 1.75 bits per heavy atom. The smallest absolute Gasteiger partial charge is 0.433 e. The minimum absolute atomic E-state index is 0.0702. The van der Waals surface area contributed by atoms with Gasteiger partial charge in [-0.05, 0) is 49.6 Å². The summed E-state index contributed by atoms with van der Waals surface area (Å²) in [7, 11) is 0. The molecule has 0 aliphatic carbocycles. The van der Waals surface area contributed by atoms with Gasteiger partial charge in [-0.2, -0.15) is 13.2 Å². The second-order valence-corrected chi connectivity index (χ2v) is 7.22. The number of nitrogens with zero attached hydrogens (tertiary/aromatic N) is 2. The molecule has 9 heteroatoms. The number of aliphatic carboxylic acids is 1. The van der Waals surface area contributed by atoms with Gasteiger partial charge in [0.2, 0.25) is 0 Å². The van der Waals surface area contributed by atoms with Gasteiger partial charge in [0.25, 0.3) is 0 Å². The van der Waals surface area contributed by atoms with E-state index in [-0.39, 0.29) is 18.8 Å². The number of halogens is 4. The molecule has 0 saturated heterocycles. The van der Waals surface area contributed by atoms with Gasteiger partial charge in [0.15, 0.2) is 0 Å². The normalized spacial score (nSPS) is 11.5. The van der Waals surface area contributed by atoms with Crippen LogP contribution < -0.4 is 4.74 Å². The molecule has 5 nitrogen and oxygen atoms in total. The highest BCUT2D eigenvalue weighted by molar-refractivity contribution is 5.66. The molecular weight excluding hydrogens is 428 g/mol. The van der Waals surface area contributed by atoms with Crippen molar-refractivity contribution in [3.05, 3.63) is 71.8 Å². The molecule has 0 saturated carbocycles. The summed E-state index contributed by atoms with van der Waals surface area (Å²) in [6.07, 6.45) is -1.94. The Kier molecular flexibility index (Phi) is 7.50. The predicted octanol–water partition coefficient (Wildman–Crippen LogP) is 5.78. The summed E-state index contributed by atoms with van der Waals surface area (Å²) in [5, 5.41) is 8.67. The molecule has 3 rings (SSSR count). The van der Waals surface area contributed by atoms with Crippen LogP contribution in [-0.2, 0) is 17.5 Å². The van der Waals surface area contributed by atoms with Crippen molar-refractivity contribution >= 4 is 5.97 Å². The number of benzene rings is 2. The number of para-hydroxylation sites is 1. The van der Waals surface area contributed by atoms with Gasteiger partial charge in [0.1, 0.15) is 23.1 Å². The largest absolute Gasteiger partial charge is 0.493 e. The van der Waals surface area contributed by atoms with Crippen molar-refractivity contribution in [3.63, 3.8) is 0 Å². The lowest BCUT2D eigenvalue weighted by molar-refractivity contribution is -0.143. The van der Waals surface area contributed by atoms with Crippen molar-refractivity contribution in [2.75, 3.05) is 6.61 Å². The summed E-state index contributed by atoms with van der Waals surface area (Å²) < 4.78 is 61.0. The Balaban J connectivity index is 1.81. The minimum atomic E-state index is -4.62. The lowest BCUT2D eigenvalue weighted by atomic mass is 10.1. The molecule has 0 unspecified atom stereocenters. The van der Waals surface area contributed by atoms with Crippen LogP contribution >= 0.6 is 0 Å². The maximum absolute atomic E-state index is 13.6. The first-order chi connectivity index (χ1) is 15.3. The monoisotopic (exact) mass is 450 g/mol. The summed E-state index contributed by atoms with van der Waals surface area (Å²) in [5.74, 6) is -0.836. The first kappa shape index (κ1) is 23.3. The fourth-order valence-corrected chi connectivity index (χ4v) is 3.27. The molecule has 0 atom stereocenters.